The van der Waals surface area contributed by atoms with Crippen LogP contribution in [0.5, 0.6) is 0 Å². The number of anilines is 1. The van der Waals surface area contributed by atoms with Crippen molar-refractivity contribution in [1.29, 1.82) is 0 Å². The number of amides is 4. The summed E-state index contributed by atoms with van der Waals surface area (Å²) in [5, 5.41) is 17.1. The van der Waals surface area contributed by atoms with Gasteiger partial charge in [-0.1, -0.05) is 5.16 Å². The number of carboxylic acid groups (broad SMARTS) is 1. The Labute approximate surface area is 172 Å². The van der Waals surface area contributed by atoms with E-state index in [9.17, 15) is 19.2 Å². The van der Waals surface area contributed by atoms with Crippen LogP contribution in [0.15, 0.2) is 29.4 Å². The Morgan fingerprint density at radius 1 is 1.30 bits per heavy atom. The molecule has 12 heteroatoms. The predicted molar refractivity (Wildman–Crippen MR) is 107 cm³/mol. The van der Waals surface area contributed by atoms with Crippen LogP contribution in [0.25, 0.3) is 0 Å². The minimum Gasteiger partial charge on any atom is -0.481 e. The molecule has 0 spiro atoms. The molecule has 0 radical (unpaired) electrons. The van der Waals surface area contributed by atoms with Crippen LogP contribution < -0.4 is 21.3 Å². The fourth-order valence-corrected chi connectivity index (χ4v) is 2.60. The number of nitrogens with zero attached hydrogens (tertiary/aromatic N) is 3. The second-order valence-corrected chi connectivity index (χ2v) is 6.65. The zero-order valence-corrected chi connectivity index (χ0v) is 16.6. The van der Waals surface area contributed by atoms with Crippen molar-refractivity contribution in [2.24, 2.45) is 10.9 Å². The highest BCUT2D eigenvalue weighted by Crippen LogP contribution is 2.22. The summed E-state index contributed by atoms with van der Waals surface area (Å²) >= 11 is 0. The summed E-state index contributed by atoms with van der Waals surface area (Å²) in [7, 11) is 3.02. The van der Waals surface area contributed by atoms with Gasteiger partial charge in [-0.05, 0) is 30.7 Å². The summed E-state index contributed by atoms with van der Waals surface area (Å²) < 4.78 is 0. The molecule has 0 aromatic heterocycles. The number of carbonyl (C=O) groups excluding carboxylic acids is 3. The third-order valence-electron chi connectivity index (χ3n) is 4.20. The number of urea groups is 1. The van der Waals surface area contributed by atoms with Gasteiger partial charge in [0.2, 0.25) is 5.91 Å². The number of nitrogens with one attached hydrogen (secondary N) is 2. The summed E-state index contributed by atoms with van der Waals surface area (Å²) in [6.45, 7) is 0.377. The van der Waals surface area contributed by atoms with Crippen molar-refractivity contribution in [3.63, 3.8) is 0 Å². The SMILES string of the molecule is CN(C)C(=O)ON=C(N)c1ccc(N2CCC(NC(=O)NCCC(=O)O)C2=O)cc1. The summed E-state index contributed by atoms with van der Waals surface area (Å²) in [4.78, 5) is 53.6. The molecule has 1 saturated heterocycles. The highest BCUT2D eigenvalue weighted by molar-refractivity contribution is 6.02. The third kappa shape index (κ3) is 6.09. The molecule has 1 aliphatic rings. The van der Waals surface area contributed by atoms with Crippen molar-refractivity contribution in [2.45, 2.75) is 18.9 Å². The van der Waals surface area contributed by atoms with E-state index in [2.05, 4.69) is 20.6 Å². The van der Waals surface area contributed by atoms with Gasteiger partial charge in [-0.15, -0.1) is 0 Å². The van der Waals surface area contributed by atoms with Gasteiger partial charge in [-0.25, -0.2) is 9.59 Å². The number of rotatable bonds is 7. The smallest absolute Gasteiger partial charge is 0.435 e. The first-order chi connectivity index (χ1) is 14.2. The second-order valence-electron chi connectivity index (χ2n) is 6.65. The lowest BCUT2D eigenvalue weighted by Gasteiger charge is -2.18. The van der Waals surface area contributed by atoms with Crippen molar-refractivity contribution in [2.75, 3.05) is 32.1 Å². The first-order valence-electron chi connectivity index (χ1n) is 9.08. The molecule has 162 valence electrons. The minimum absolute atomic E-state index is 0.00192. The van der Waals surface area contributed by atoms with Crippen molar-refractivity contribution >= 4 is 35.5 Å². The molecule has 2 rings (SSSR count). The topological polar surface area (TPSA) is 167 Å². The van der Waals surface area contributed by atoms with Gasteiger partial charge in [0, 0.05) is 38.4 Å². The van der Waals surface area contributed by atoms with Crippen LogP contribution in [0, 0.1) is 0 Å². The minimum atomic E-state index is -1.02. The van der Waals surface area contributed by atoms with Crippen LogP contribution in [0.4, 0.5) is 15.3 Å². The van der Waals surface area contributed by atoms with Crippen molar-refractivity contribution < 1.29 is 29.1 Å². The normalized spacial score (nSPS) is 16.2. The molecule has 1 aromatic carbocycles. The largest absolute Gasteiger partial charge is 0.481 e. The molecule has 0 bridgehead atoms. The average Bonchev–Trinajstić information content (AvgIpc) is 3.05. The Kier molecular flexibility index (Phi) is 7.56. The molecular weight excluding hydrogens is 396 g/mol. The predicted octanol–water partition coefficient (Wildman–Crippen LogP) is -0.116. The number of aliphatic carboxylic acids is 1. The molecule has 0 saturated carbocycles. The van der Waals surface area contributed by atoms with Crippen molar-refractivity contribution in [3.05, 3.63) is 29.8 Å². The lowest BCUT2D eigenvalue weighted by Crippen LogP contribution is -2.46. The zero-order chi connectivity index (χ0) is 22.3. The molecule has 5 N–H and O–H groups in total. The van der Waals surface area contributed by atoms with Crippen LogP contribution in [-0.2, 0) is 14.4 Å². The summed E-state index contributed by atoms with van der Waals surface area (Å²) in [5.74, 6) is -1.30. The molecule has 1 fully saturated rings. The first kappa shape index (κ1) is 22.5. The monoisotopic (exact) mass is 420 g/mol. The van der Waals surface area contributed by atoms with Crippen LogP contribution >= 0.6 is 0 Å². The fourth-order valence-electron chi connectivity index (χ4n) is 2.60. The molecule has 1 unspecified atom stereocenters. The van der Waals surface area contributed by atoms with Gasteiger partial charge < -0.3 is 31.3 Å². The van der Waals surface area contributed by atoms with Crippen LogP contribution in [0.2, 0.25) is 0 Å². The van der Waals surface area contributed by atoms with Crippen LogP contribution in [0.1, 0.15) is 18.4 Å². The van der Waals surface area contributed by atoms with Gasteiger partial charge in [0.05, 0.1) is 6.42 Å². The number of benzene rings is 1. The van der Waals surface area contributed by atoms with Gasteiger partial charge in [0.25, 0.3) is 0 Å². The molecule has 1 aliphatic heterocycles. The number of carboxylic acids is 1. The molecular formula is C18H24N6O6. The molecule has 0 aliphatic carbocycles. The highest BCUT2D eigenvalue weighted by Gasteiger charge is 2.33. The Morgan fingerprint density at radius 3 is 2.57 bits per heavy atom. The van der Waals surface area contributed by atoms with E-state index in [1.165, 1.54) is 23.9 Å². The number of nitrogens with two attached hydrogens (primary N) is 1. The van der Waals surface area contributed by atoms with E-state index in [1.54, 1.807) is 24.3 Å². The summed E-state index contributed by atoms with van der Waals surface area (Å²) in [6.07, 6.45) is -0.453. The average molecular weight is 420 g/mol. The van der Waals surface area contributed by atoms with Crippen molar-refractivity contribution in [3.8, 4) is 0 Å². The lowest BCUT2D eigenvalue weighted by molar-refractivity contribution is -0.136. The third-order valence-corrected chi connectivity index (χ3v) is 4.20. The number of carbonyl (C=O) groups is 4. The van der Waals surface area contributed by atoms with Crippen LogP contribution in [-0.4, -0.2) is 73.1 Å². The van der Waals surface area contributed by atoms with E-state index in [4.69, 9.17) is 10.8 Å². The highest BCUT2D eigenvalue weighted by atomic mass is 16.7. The Bertz CT molecular complexity index is 838. The second kappa shape index (κ2) is 10.1. The molecule has 1 aromatic rings. The van der Waals surface area contributed by atoms with Gasteiger partial charge >= 0.3 is 18.1 Å². The van der Waals surface area contributed by atoms with Gasteiger partial charge in [0.15, 0.2) is 5.84 Å². The first-order valence-corrected chi connectivity index (χ1v) is 9.08. The molecule has 30 heavy (non-hydrogen) atoms. The Balaban J connectivity index is 1.93. The number of hydrogen-bond donors (Lipinski definition) is 4. The maximum Gasteiger partial charge on any atom is 0.435 e. The maximum atomic E-state index is 12.6. The van der Waals surface area contributed by atoms with E-state index in [1.807, 2.05) is 0 Å². The Morgan fingerprint density at radius 2 is 1.97 bits per heavy atom. The van der Waals surface area contributed by atoms with E-state index < -0.39 is 24.1 Å². The summed E-state index contributed by atoms with van der Waals surface area (Å²) in [6, 6.07) is 5.29. The van der Waals surface area contributed by atoms with Gasteiger partial charge in [0.1, 0.15) is 6.04 Å². The zero-order valence-electron chi connectivity index (χ0n) is 16.6. The number of hydrogen-bond acceptors (Lipinski definition) is 6. The van der Waals surface area contributed by atoms with Crippen LogP contribution in [0.3, 0.4) is 0 Å². The molecule has 4 amide bonds. The van der Waals surface area contributed by atoms with E-state index in [0.29, 0.717) is 24.2 Å². The van der Waals surface area contributed by atoms with Gasteiger partial charge in [-0.3, -0.25) is 14.4 Å². The van der Waals surface area contributed by atoms with E-state index >= 15 is 0 Å². The maximum absolute atomic E-state index is 12.6. The molecule has 1 atom stereocenters. The molecule has 1 heterocycles. The fraction of sp³-hybridized carbons (Fsp3) is 0.389. The van der Waals surface area contributed by atoms with E-state index in [-0.39, 0.29) is 24.7 Å². The van der Waals surface area contributed by atoms with Crippen molar-refractivity contribution in [1.82, 2.24) is 15.5 Å². The standard InChI is InChI=1S/C18H24N6O6/c1-23(2)18(29)30-22-15(19)11-3-5-12(6-4-11)24-10-8-13(16(24)27)21-17(28)20-9-7-14(25)26/h3-6,13H,7-10H2,1-2H3,(H2,19,22)(H,25,26)(H2,20,21,28). The van der Waals surface area contributed by atoms with Gasteiger partial charge in [-0.2, -0.15) is 0 Å². The number of amidine groups is 1. The molecule has 12 nitrogen and oxygen atoms in total. The Hall–Kier alpha value is -3.83. The number of oxime groups is 1. The quantitative estimate of drug-likeness (QED) is 0.206. The van der Waals surface area contributed by atoms with E-state index in [0.717, 1.165) is 0 Å². The summed E-state index contributed by atoms with van der Waals surface area (Å²) in [5.41, 5.74) is 6.91. The lowest BCUT2D eigenvalue weighted by atomic mass is 10.2.